The van der Waals surface area contributed by atoms with Crippen molar-refractivity contribution in [1.29, 1.82) is 0 Å². The van der Waals surface area contributed by atoms with Gasteiger partial charge in [-0.05, 0) is 18.1 Å². The van der Waals surface area contributed by atoms with E-state index in [9.17, 15) is 8.42 Å². The second-order valence-electron chi connectivity index (χ2n) is 3.60. The SMILES string of the molecule is C/C=C/CS(=O)(=O)Cc1ccc(CO)cc1. The van der Waals surface area contributed by atoms with Crippen molar-refractivity contribution in [3.63, 3.8) is 0 Å². The Kier molecular flexibility index (Phi) is 4.71. The lowest BCUT2D eigenvalue weighted by atomic mass is 10.2. The van der Waals surface area contributed by atoms with Crippen molar-refractivity contribution >= 4 is 9.84 Å². The third kappa shape index (κ3) is 4.16. The summed E-state index contributed by atoms with van der Waals surface area (Å²) in [5.74, 6) is 0.119. The zero-order valence-electron chi connectivity index (χ0n) is 9.26. The predicted octanol–water partition coefficient (Wildman–Crippen LogP) is 1.67. The maximum Gasteiger partial charge on any atom is 0.157 e. The highest BCUT2D eigenvalue weighted by atomic mass is 32.2. The molecule has 0 atom stereocenters. The Bertz CT molecular complexity index is 444. The molecule has 0 fully saturated rings. The fourth-order valence-electron chi connectivity index (χ4n) is 1.30. The summed E-state index contributed by atoms with van der Waals surface area (Å²) in [5.41, 5.74) is 1.54. The van der Waals surface area contributed by atoms with Gasteiger partial charge in [-0.25, -0.2) is 8.42 Å². The van der Waals surface area contributed by atoms with E-state index in [0.29, 0.717) is 0 Å². The topological polar surface area (TPSA) is 54.4 Å². The van der Waals surface area contributed by atoms with E-state index in [1.54, 1.807) is 43.3 Å². The van der Waals surface area contributed by atoms with Crippen molar-refractivity contribution in [2.24, 2.45) is 0 Å². The molecule has 1 rings (SSSR count). The molecule has 0 unspecified atom stereocenters. The van der Waals surface area contributed by atoms with Gasteiger partial charge in [0.1, 0.15) is 0 Å². The minimum Gasteiger partial charge on any atom is -0.392 e. The second kappa shape index (κ2) is 5.82. The molecule has 0 aliphatic carbocycles. The van der Waals surface area contributed by atoms with Gasteiger partial charge in [0.15, 0.2) is 9.84 Å². The Morgan fingerprint density at radius 1 is 1.19 bits per heavy atom. The van der Waals surface area contributed by atoms with Crippen molar-refractivity contribution in [3.05, 3.63) is 47.5 Å². The van der Waals surface area contributed by atoms with E-state index in [1.807, 2.05) is 0 Å². The number of sulfone groups is 1. The van der Waals surface area contributed by atoms with Crippen molar-refractivity contribution < 1.29 is 13.5 Å². The Morgan fingerprint density at radius 3 is 2.25 bits per heavy atom. The number of hydrogen-bond acceptors (Lipinski definition) is 3. The van der Waals surface area contributed by atoms with Crippen LogP contribution in [-0.2, 0) is 22.2 Å². The van der Waals surface area contributed by atoms with E-state index < -0.39 is 9.84 Å². The van der Waals surface area contributed by atoms with Gasteiger partial charge in [0, 0.05) is 0 Å². The first-order valence-electron chi connectivity index (χ1n) is 5.07. The molecule has 0 aliphatic rings. The van der Waals surface area contributed by atoms with Crippen LogP contribution in [0.15, 0.2) is 36.4 Å². The van der Waals surface area contributed by atoms with Gasteiger partial charge >= 0.3 is 0 Å². The molecule has 88 valence electrons. The van der Waals surface area contributed by atoms with E-state index in [1.165, 1.54) is 0 Å². The van der Waals surface area contributed by atoms with E-state index in [4.69, 9.17) is 5.11 Å². The highest BCUT2D eigenvalue weighted by Gasteiger charge is 2.09. The van der Waals surface area contributed by atoms with Gasteiger partial charge in [0.25, 0.3) is 0 Å². The summed E-state index contributed by atoms with van der Waals surface area (Å²) in [7, 11) is -3.07. The number of aliphatic hydroxyl groups is 1. The summed E-state index contributed by atoms with van der Waals surface area (Å²) >= 11 is 0. The van der Waals surface area contributed by atoms with Gasteiger partial charge in [-0.3, -0.25) is 0 Å². The summed E-state index contributed by atoms with van der Waals surface area (Å²) in [6.45, 7) is 1.77. The first-order chi connectivity index (χ1) is 7.57. The molecular formula is C12H16O3S. The Balaban J connectivity index is 2.72. The summed E-state index contributed by atoms with van der Waals surface area (Å²) in [6.07, 6.45) is 3.36. The lowest BCUT2D eigenvalue weighted by molar-refractivity contribution is 0.282. The number of hydrogen-bond donors (Lipinski definition) is 1. The van der Waals surface area contributed by atoms with E-state index in [2.05, 4.69) is 0 Å². The van der Waals surface area contributed by atoms with Crippen LogP contribution in [0.25, 0.3) is 0 Å². The maximum absolute atomic E-state index is 11.6. The zero-order valence-corrected chi connectivity index (χ0v) is 10.1. The van der Waals surface area contributed by atoms with Gasteiger partial charge in [-0.15, -0.1) is 0 Å². The molecule has 16 heavy (non-hydrogen) atoms. The molecule has 0 heterocycles. The molecule has 0 radical (unpaired) electrons. The van der Waals surface area contributed by atoms with E-state index in [-0.39, 0.29) is 18.1 Å². The van der Waals surface area contributed by atoms with Crippen LogP contribution in [0.3, 0.4) is 0 Å². The Labute approximate surface area is 96.4 Å². The lowest BCUT2D eigenvalue weighted by Crippen LogP contribution is -2.07. The fourth-order valence-corrected chi connectivity index (χ4v) is 2.60. The first kappa shape index (κ1) is 12.9. The molecule has 0 aliphatic heterocycles. The monoisotopic (exact) mass is 240 g/mol. The van der Waals surface area contributed by atoms with Crippen molar-refractivity contribution in [2.75, 3.05) is 5.75 Å². The Morgan fingerprint density at radius 2 is 1.75 bits per heavy atom. The van der Waals surface area contributed by atoms with E-state index in [0.717, 1.165) is 11.1 Å². The van der Waals surface area contributed by atoms with Gasteiger partial charge in [-0.2, -0.15) is 0 Å². The highest BCUT2D eigenvalue weighted by molar-refractivity contribution is 7.90. The molecule has 0 amide bonds. The van der Waals surface area contributed by atoms with Crippen LogP contribution >= 0.6 is 0 Å². The number of rotatable bonds is 5. The van der Waals surface area contributed by atoms with Gasteiger partial charge in [-0.1, -0.05) is 36.4 Å². The lowest BCUT2D eigenvalue weighted by Gasteiger charge is -2.03. The third-order valence-corrected chi connectivity index (χ3v) is 3.65. The van der Waals surface area contributed by atoms with E-state index >= 15 is 0 Å². The average Bonchev–Trinajstić information content (AvgIpc) is 2.27. The second-order valence-corrected chi connectivity index (χ2v) is 5.71. The standard InChI is InChI=1S/C12H16O3S/c1-2-3-8-16(14,15)10-12-6-4-11(9-13)5-7-12/h2-7,13H,8-10H2,1H3/b3-2+. The van der Waals surface area contributed by atoms with Crippen LogP contribution in [0.5, 0.6) is 0 Å². The quantitative estimate of drug-likeness (QED) is 0.796. The molecule has 1 N–H and O–H groups in total. The zero-order chi connectivity index (χ0) is 12.0. The summed E-state index contributed by atoms with van der Waals surface area (Å²) < 4.78 is 23.2. The van der Waals surface area contributed by atoms with Crippen molar-refractivity contribution in [2.45, 2.75) is 19.3 Å². The summed E-state index contributed by atoms with van der Waals surface area (Å²) in [5, 5.41) is 8.85. The van der Waals surface area contributed by atoms with Crippen LogP contribution in [0.2, 0.25) is 0 Å². The molecule has 1 aromatic rings. The number of benzene rings is 1. The molecule has 0 saturated carbocycles. The van der Waals surface area contributed by atoms with Gasteiger partial charge in [0.2, 0.25) is 0 Å². The minimum atomic E-state index is -3.07. The molecule has 0 aromatic heterocycles. The largest absolute Gasteiger partial charge is 0.392 e. The van der Waals surface area contributed by atoms with Crippen LogP contribution < -0.4 is 0 Å². The van der Waals surface area contributed by atoms with Crippen LogP contribution in [0.4, 0.5) is 0 Å². The number of aliphatic hydroxyl groups excluding tert-OH is 1. The predicted molar refractivity (Wildman–Crippen MR) is 64.7 cm³/mol. The molecule has 0 saturated heterocycles. The molecule has 0 spiro atoms. The van der Waals surface area contributed by atoms with Crippen LogP contribution in [0, 0.1) is 0 Å². The maximum atomic E-state index is 11.6. The van der Waals surface area contributed by atoms with Gasteiger partial charge in [0.05, 0.1) is 18.1 Å². The highest BCUT2D eigenvalue weighted by Crippen LogP contribution is 2.09. The normalized spacial score (nSPS) is 12.1. The molecule has 4 heteroatoms. The van der Waals surface area contributed by atoms with Crippen molar-refractivity contribution in [3.8, 4) is 0 Å². The van der Waals surface area contributed by atoms with Gasteiger partial charge < -0.3 is 5.11 Å². The number of allylic oxidation sites excluding steroid dienone is 1. The minimum absolute atomic E-state index is 0.0222. The Hall–Kier alpha value is -1.13. The molecule has 1 aromatic carbocycles. The molecule has 3 nitrogen and oxygen atoms in total. The van der Waals surface area contributed by atoms with Crippen LogP contribution in [0.1, 0.15) is 18.1 Å². The molecule has 0 bridgehead atoms. The van der Waals surface area contributed by atoms with Crippen LogP contribution in [-0.4, -0.2) is 19.3 Å². The summed E-state index contributed by atoms with van der Waals surface area (Å²) in [4.78, 5) is 0. The smallest absolute Gasteiger partial charge is 0.157 e. The molecular weight excluding hydrogens is 224 g/mol. The first-order valence-corrected chi connectivity index (χ1v) is 6.90. The average molecular weight is 240 g/mol. The summed E-state index contributed by atoms with van der Waals surface area (Å²) in [6, 6.07) is 6.94. The third-order valence-electron chi connectivity index (χ3n) is 2.18. The van der Waals surface area contributed by atoms with Crippen molar-refractivity contribution in [1.82, 2.24) is 0 Å². The fraction of sp³-hybridized carbons (Fsp3) is 0.333.